The highest BCUT2D eigenvalue weighted by atomic mass is 16.6. The van der Waals surface area contributed by atoms with E-state index in [1.54, 1.807) is 7.11 Å². The zero-order valence-electron chi connectivity index (χ0n) is 23.5. The number of fused-ring (bicyclic) bond motifs is 4. The van der Waals surface area contributed by atoms with E-state index in [9.17, 15) is 9.59 Å². The number of hydrogen-bond donors (Lipinski definition) is 1. The predicted molar refractivity (Wildman–Crippen MR) is 146 cm³/mol. The van der Waals surface area contributed by atoms with Gasteiger partial charge in [-0.3, -0.25) is 4.79 Å². The summed E-state index contributed by atoms with van der Waals surface area (Å²) in [7, 11) is 1.66. The molecule has 0 aliphatic carbocycles. The first-order valence-electron chi connectivity index (χ1n) is 13.9. The molecule has 3 aliphatic rings. The van der Waals surface area contributed by atoms with Crippen LogP contribution in [0.2, 0.25) is 0 Å². The van der Waals surface area contributed by atoms with E-state index in [2.05, 4.69) is 25.2 Å². The highest BCUT2D eigenvalue weighted by Crippen LogP contribution is 2.55. The van der Waals surface area contributed by atoms with E-state index in [1.807, 2.05) is 61.2 Å². The Kier molecular flexibility index (Phi) is 7.76. The molecule has 2 saturated heterocycles. The van der Waals surface area contributed by atoms with Gasteiger partial charge >= 0.3 is 6.09 Å². The van der Waals surface area contributed by atoms with Crippen molar-refractivity contribution in [2.24, 2.45) is 17.8 Å². The van der Waals surface area contributed by atoms with Crippen LogP contribution in [-0.2, 0) is 20.9 Å². The highest BCUT2D eigenvalue weighted by Gasteiger charge is 2.52. The topological polar surface area (TPSA) is 86.3 Å². The van der Waals surface area contributed by atoms with Crippen molar-refractivity contribution in [1.82, 2.24) is 10.2 Å². The fourth-order valence-electron chi connectivity index (χ4n) is 6.26. The molecule has 1 N–H and O–H groups in total. The van der Waals surface area contributed by atoms with Crippen LogP contribution in [-0.4, -0.2) is 54.8 Å². The number of rotatable bonds is 6. The van der Waals surface area contributed by atoms with Crippen molar-refractivity contribution in [2.75, 3.05) is 20.2 Å². The van der Waals surface area contributed by atoms with Gasteiger partial charge in [0.2, 0.25) is 5.91 Å². The van der Waals surface area contributed by atoms with Crippen molar-refractivity contribution in [1.29, 1.82) is 0 Å². The fraction of sp³-hybridized carbons (Fsp3) is 0.548. The van der Waals surface area contributed by atoms with Crippen LogP contribution in [0.4, 0.5) is 4.79 Å². The summed E-state index contributed by atoms with van der Waals surface area (Å²) in [4.78, 5) is 28.1. The van der Waals surface area contributed by atoms with Crippen LogP contribution >= 0.6 is 0 Å². The quantitative estimate of drug-likeness (QED) is 0.552. The van der Waals surface area contributed by atoms with Gasteiger partial charge < -0.3 is 29.2 Å². The number of carbonyl (C=O) groups excluding carboxylic acids is 2. The molecule has 2 fully saturated rings. The lowest BCUT2D eigenvalue weighted by Gasteiger charge is -2.53. The summed E-state index contributed by atoms with van der Waals surface area (Å²) in [6.07, 6.45) is 1.04. The molecule has 0 unspecified atom stereocenters. The zero-order chi connectivity index (χ0) is 27.7. The Balaban J connectivity index is 1.25. The molecule has 210 valence electrons. The molecule has 39 heavy (non-hydrogen) atoms. The molecule has 2 amide bonds. The maximum absolute atomic E-state index is 13.6. The number of ether oxygens (including phenoxy) is 4. The van der Waals surface area contributed by atoms with Crippen LogP contribution in [0.25, 0.3) is 0 Å². The Morgan fingerprint density at radius 1 is 1.13 bits per heavy atom. The van der Waals surface area contributed by atoms with Crippen LogP contribution < -0.4 is 14.8 Å². The van der Waals surface area contributed by atoms with E-state index < -0.39 is 17.7 Å². The summed E-state index contributed by atoms with van der Waals surface area (Å²) in [6.45, 7) is 9.43. The molecule has 8 nitrogen and oxygen atoms in total. The molecule has 3 heterocycles. The van der Waals surface area contributed by atoms with Gasteiger partial charge in [0, 0.05) is 30.5 Å². The molecule has 0 saturated carbocycles. The van der Waals surface area contributed by atoms with Gasteiger partial charge in [0.05, 0.1) is 19.3 Å². The van der Waals surface area contributed by atoms with E-state index in [0.29, 0.717) is 13.1 Å². The van der Waals surface area contributed by atoms with Crippen LogP contribution in [0.1, 0.15) is 57.8 Å². The van der Waals surface area contributed by atoms with Gasteiger partial charge in [0.1, 0.15) is 18.2 Å². The Hall–Kier alpha value is -3.26. The number of likely N-dealkylation sites (tertiary alicyclic amines) is 1. The number of methoxy groups -OCH3 is 1. The third kappa shape index (κ3) is 5.57. The summed E-state index contributed by atoms with van der Waals surface area (Å²) in [5.74, 6) is 1.67. The van der Waals surface area contributed by atoms with E-state index in [4.69, 9.17) is 18.9 Å². The first kappa shape index (κ1) is 27.3. The SMILES string of the molecule is COc1cccc2c1OC(C)(C)[C@H]1C[C@@H]3CN(C(=O)[C@@H](NC(=O)OCc4ccccc4)C(C)C)CC[C@@H]3O[C@H]21. The van der Waals surface area contributed by atoms with E-state index in [-0.39, 0.29) is 42.5 Å². The van der Waals surface area contributed by atoms with Gasteiger partial charge in [-0.2, -0.15) is 0 Å². The number of hydrogen-bond acceptors (Lipinski definition) is 6. The average molecular weight is 537 g/mol. The van der Waals surface area contributed by atoms with Gasteiger partial charge in [-0.1, -0.05) is 56.3 Å². The first-order chi connectivity index (χ1) is 18.7. The number of nitrogens with zero attached hydrogens (tertiary/aromatic N) is 1. The second-order valence-corrected chi connectivity index (χ2v) is 11.8. The van der Waals surface area contributed by atoms with Crippen LogP contribution in [0.5, 0.6) is 11.5 Å². The molecule has 8 heteroatoms. The van der Waals surface area contributed by atoms with Crippen LogP contribution in [0.3, 0.4) is 0 Å². The van der Waals surface area contributed by atoms with Gasteiger partial charge in [-0.15, -0.1) is 0 Å². The fourth-order valence-corrected chi connectivity index (χ4v) is 6.26. The summed E-state index contributed by atoms with van der Waals surface area (Å²) in [5.41, 5.74) is 1.48. The van der Waals surface area contributed by atoms with E-state index in [1.165, 1.54) is 0 Å². The third-order valence-electron chi connectivity index (χ3n) is 8.43. The van der Waals surface area contributed by atoms with Crippen molar-refractivity contribution in [3.63, 3.8) is 0 Å². The van der Waals surface area contributed by atoms with Crippen molar-refractivity contribution < 1.29 is 28.5 Å². The van der Waals surface area contributed by atoms with Crippen molar-refractivity contribution in [3.8, 4) is 11.5 Å². The van der Waals surface area contributed by atoms with E-state index >= 15 is 0 Å². The van der Waals surface area contributed by atoms with E-state index in [0.717, 1.165) is 35.5 Å². The molecule has 5 rings (SSSR count). The lowest BCUT2D eigenvalue weighted by molar-refractivity contribution is -0.189. The predicted octanol–water partition coefficient (Wildman–Crippen LogP) is 5.11. The van der Waals surface area contributed by atoms with Crippen molar-refractivity contribution in [3.05, 3.63) is 59.7 Å². The van der Waals surface area contributed by atoms with Gasteiger partial charge in [-0.05, 0) is 44.2 Å². The van der Waals surface area contributed by atoms with Gasteiger partial charge in [0.15, 0.2) is 11.5 Å². The molecule has 3 aliphatic heterocycles. The smallest absolute Gasteiger partial charge is 0.408 e. The lowest BCUT2D eigenvalue weighted by Crippen LogP contribution is -2.59. The summed E-state index contributed by atoms with van der Waals surface area (Å²) in [5, 5.41) is 2.82. The largest absolute Gasteiger partial charge is 0.493 e. The Morgan fingerprint density at radius 3 is 2.62 bits per heavy atom. The number of piperidine rings is 1. The number of alkyl carbamates (subject to hydrolysis) is 1. The van der Waals surface area contributed by atoms with Crippen LogP contribution in [0, 0.1) is 17.8 Å². The summed E-state index contributed by atoms with van der Waals surface area (Å²) in [6, 6.07) is 14.8. The third-order valence-corrected chi connectivity index (χ3v) is 8.43. The summed E-state index contributed by atoms with van der Waals surface area (Å²) < 4.78 is 24.2. The molecule has 2 aromatic carbocycles. The molecule has 0 aromatic heterocycles. The molecule has 5 atom stereocenters. The van der Waals surface area contributed by atoms with Gasteiger partial charge in [-0.25, -0.2) is 4.79 Å². The maximum atomic E-state index is 13.6. The maximum Gasteiger partial charge on any atom is 0.408 e. The molecule has 0 bridgehead atoms. The monoisotopic (exact) mass is 536 g/mol. The van der Waals surface area contributed by atoms with Crippen LogP contribution in [0.15, 0.2) is 48.5 Å². The second kappa shape index (κ2) is 11.1. The number of carbonyl (C=O) groups is 2. The molecule has 2 aromatic rings. The zero-order valence-corrected chi connectivity index (χ0v) is 23.5. The number of para-hydroxylation sites is 1. The Bertz CT molecular complexity index is 1180. The van der Waals surface area contributed by atoms with Crippen molar-refractivity contribution >= 4 is 12.0 Å². The minimum atomic E-state index is -0.657. The van der Waals surface area contributed by atoms with Gasteiger partial charge in [0.25, 0.3) is 0 Å². The highest BCUT2D eigenvalue weighted by molar-refractivity contribution is 5.86. The normalized spacial score (nSPS) is 25.8. The molecular weight excluding hydrogens is 496 g/mol. The Labute approximate surface area is 230 Å². The number of benzene rings is 2. The average Bonchev–Trinajstić information content (AvgIpc) is 2.93. The molecule has 0 spiro atoms. The summed E-state index contributed by atoms with van der Waals surface area (Å²) >= 11 is 0. The minimum absolute atomic E-state index is 0.0598. The first-order valence-corrected chi connectivity index (χ1v) is 13.9. The lowest BCUT2D eigenvalue weighted by atomic mass is 9.70. The van der Waals surface area contributed by atoms with Crippen molar-refractivity contribution in [2.45, 2.75) is 71.0 Å². The standard InChI is InChI=1S/C31H40N2O6/c1-19(2)26(32-30(35)37-18-20-10-7-6-8-11-20)29(34)33-15-14-24-21(17-33)16-23-27(38-24)22-12-9-13-25(36-5)28(22)39-31(23,3)4/h6-13,19,21,23-24,26-27H,14-18H2,1-5H3,(H,32,35)/t21-,23+,24+,26+,27-/m1/s1. The minimum Gasteiger partial charge on any atom is -0.493 e. The molecular formula is C31H40N2O6. The number of nitrogens with one attached hydrogen (secondary N) is 1. The second-order valence-electron chi connectivity index (χ2n) is 11.8. The number of amides is 2. The Morgan fingerprint density at radius 2 is 1.90 bits per heavy atom. The molecule has 0 radical (unpaired) electrons.